The molecular weight excluding hydrogens is 344 g/mol. The van der Waals surface area contributed by atoms with Crippen molar-refractivity contribution in [2.45, 2.75) is 12.3 Å². The predicted molar refractivity (Wildman–Crippen MR) is 87.7 cm³/mol. The second-order valence-corrected chi connectivity index (χ2v) is 8.23. The van der Waals surface area contributed by atoms with E-state index in [-0.39, 0.29) is 50.5 Å². The number of aliphatic carboxylic acids is 1. The maximum absolute atomic E-state index is 11.1. The molecule has 0 heterocycles. The molecule has 0 saturated heterocycles. The number of carboxylic acids is 1. The van der Waals surface area contributed by atoms with Crippen molar-refractivity contribution >= 4 is 16.1 Å². The van der Waals surface area contributed by atoms with Crippen LogP contribution in [0.4, 0.5) is 0 Å². The Morgan fingerprint density at radius 2 is 1.29 bits per heavy atom. The van der Waals surface area contributed by atoms with Gasteiger partial charge in [-0.25, -0.2) is 4.79 Å². The highest BCUT2D eigenvalue weighted by Crippen LogP contribution is 2.17. The Morgan fingerprint density at radius 3 is 1.42 bits per heavy atom. The summed E-state index contributed by atoms with van der Waals surface area (Å²) in [5, 5.41) is 33.8. The van der Waals surface area contributed by atoms with Crippen LogP contribution in [0.25, 0.3) is 0 Å². The van der Waals surface area contributed by atoms with Gasteiger partial charge in [0.2, 0.25) is 5.37 Å². The summed E-state index contributed by atoms with van der Waals surface area (Å²) in [5.41, 5.74) is 0. The van der Waals surface area contributed by atoms with Crippen LogP contribution in [0.3, 0.4) is 0 Å². The van der Waals surface area contributed by atoms with Crippen molar-refractivity contribution in [1.29, 1.82) is 0 Å². The molecular formula is C13H32N2O8S+2. The van der Waals surface area contributed by atoms with E-state index in [1.165, 1.54) is 6.92 Å². The van der Waals surface area contributed by atoms with Crippen LogP contribution in [0.2, 0.25) is 0 Å². The molecule has 146 valence electrons. The molecule has 10 nitrogen and oxygen atoms in total. The van der Waals surface area contributed by atoms with Gasteiger partial charge in [0, 0.05) is 6.92 Å². The number of carbonyl (C=O) groups is 1. The average molecular weight is 376 g/mol. The van der Waals surface area contributed by atoms with E-state index in [0.717, 1.165) is 0 Å². The number of hydrogen-bond donors (Lipinski definition) is 5. The summed E-state index contributed by atoms with van der Waals surface area (Å²) >= 11 is 0. The smallest absolute Gasteiger partial charge is 0.359 e. The lowest BCUT2D eigenvalue weighted by molar-refractivity contribution is -0.937. The molecule has 0 aromatic rings. The number of aliphatic hydroxyl groups is 3. The molecule has 11 heteroatoms. The van der Waals surface area contributed by atoms with E-state index < -0.39 is 21.5 Å². The van der Waals surface area contributed by atoms with E-state index in [1.54, 1.807) is 0 Å². The van der Waals surface area contributed by atoms with Crippen LogP contribution >= 0.6 is 0 Å². The van der Waals surface area contributed by atoms with E-state index in [1.807, 2.05) is 21.1 Å². The van der Waals surface area contributed by atoms with Crippen LogP contribution in [0, 0.1) is 0 Å². The molecule has 0 bridgehead atoms. The minimum atomic E-state index is -4.29. The lowest BCUT2D eigenvalue weighted by Gasteiger charge is -2.40. The van der Waals surface area contributed by atoms with Crippen LogP contribution in [-0.4, -0.2) is 121 Å². The average Bonchev–Trinajstić information content (AvgIpc) is 2.35. The zero-order valence-corrected chi connectivity index (χ0v) is 15.6. The van der Waals surface area contributed by atoms with Gasteiger partial charge in [-0.05, 0) is 0 Å². The van der Waals surface area contributed by atoms with Gasteiger partial charge < -0.3 is 29.4 Å². The predicted octanol–water partition coefficient (Wildman–Crippen LogP) is -2.21. The van der Waals surface area contributed by atoms with Crippen LogP contribution < -0.4 is 0 Å². The zero-order valence-electron chi connectivity index (χ0n) is 14.8. The standard InChI is InChI=1S/C8H19NO6S.C5H11NO2/c1-8(16(13,14)15)9(2-5-10,3-6-11)4-7-12;1-6(2,3)4-5(7)8/h8,10-12H,2-7H2,1H3;4H2,1-3H3/p+2. The normalized spacial score (nSPS) is 13.8. The fourth-order valence-electron chi connectivity index (χ4n) is 2.17. The van der Waals surface area contributed by atoms with E-state index in [0.29, 0.717) is 4.48 Å². The first-order valence-electron chi connectivity index (χ1n) is 7.42. The molecule has 0 spiro atoms. The molecule has 0 rings (SSSR count). The molecule has 0 aliphatic heterocycles. The van der Waals surface area contributed by atoms with Crippen molar-refractivity contribution < 1.29 is 47.2 Å². The highest BCUT2D eigenvalue weighted by Gasteiger charge is 2.40. The molecule has 0 radical (unpaired) electrons. The van der Waals surface area contributed by atoms with E-state index >= 15 is 0 Å². The maximum Gasteiger partial charge on any atom is 0.359 e. The molecule has 24 heavy (non-hydrogen) atoms. The summed E-state index contributed by atoms with van der Waals surface area (Å²) in [6.45, 7) is 0.724. The third-order valence-electron chi connectivity index (χ3n) is 3.45. The monoisotopic (exact) mass is 376 g/mol. The van der Waals surface area contributed by atoms with Gasteiger partial charge in [0.1, 0.15) is 19.6 Å². The fourth-order valence-corrected chi connectivity index (χ4v) is 3.05. The van der Waals surface area contributed by atoms with Gasteiger partial charge in [0.15, 0.2) is 6.54 Å². The SMILES string of the molecule is CC([N+](CCO)(CCO)CCO)S(=O)(=O)O.C[N+](C)(C)CC(=O)O. The second-order valence-electron chi connectivity index (χ2n) is 6.52. The Balaban J connectivity index is 0. The minimum absolute atomic E-state index is 0.0437. The Labute approximate surface area is 143 Å². The summed E-state index contributed by atoms with van der Waals surface area (Å²) in [6, 6.07) is 0. The molecule has 0 aliphatic carbocycles. The number of nitrogens with zero attached hydrogens (tertiary/aromatic N) is 2. The topological polar surface area (TPSA) is 152 Å². The quantitative estimate of drug-likeness (QED) is 0.213. The number of likely N-dealkylation sites (N-methyl/N-ethyl adjacent to an activating group) is 1. The van der Waals surface area contributed by atoms with Gasteiger partial charge in [-0.1, -0.05) is 0 Å². The van der Waals surface area contributed by atoms with Gasteiger partial charge in [-0.2, -0.15) is 8.42 Å². The molecule has 5 N–H and O–H groups in total. The van der Waals surface area contributed by atoms with Crippen LogP contribution in [0.1, 0.15) is 6.92 Å². The van der Waals surface area contributed by atoms with Crippen molar-refractivity contribution in [3.63, 3.8) is 0 Å². The molecule has 1 atom stereocenters. The zero-order chi connectivity index (χ0) is 19.6. The summed E-state index contributed by atoms with van der Waals surface area (Å²) in [5.74, 6) is -0.752. The van der Waals surface area contributed by atoms with Gasteiger partial charge in [0.25, 0.3) is 0 Å². The third-order valence-corrected chi connectivity index (χ3v) is 4.76. The second kappa shape index (κ2) is 10.9. The Morgan fingerprint density at radius 1 is 0.958 bits per heavy atom. The summed E-state index contributed by atoms with van der Waals surface area (Å²) in [6.07, 6.45) is 0. The molecule has 0 aromatic heterocycles. The van der Waals surface area contributed by atoms with Gasteiger partial charge in [-0.3, -0.25) is 4.55 Å². The van der Waals surface area contributed by atoms with E-state index in [9.17, 15) is 13.2 Å². The lowest BCUT2D eigenvalue weighted by Crippen LogP contribution is -2.61. The molecule has 0 aromatic carbocycles. The minimum Gasteiger partial charge on any atom is -0.477 e. The summed E-state index contributed by atoms with van der Waals surface area (Å²) in [7, 11) is 1.24. The highest BCUT2D eigenvalue weighted by atomic mass is 32.2. The third kappa shape index (κ3) is 10.9. The van der Waals surface area contributed by atoms with Crippen LogP contribution in [0.5, 0.6) is 0 Å². The summed E-state index contributed by atoms with van der Waals surface area (Å²) in [4.78, 5) is 10.00. The number of carboxylic acid groups (broad SMARTS) is 1. The number of rotatable bonds is 10. The highest BCUT2D eigenvalue weighted by molar-refractivity contribution is 7.86. The molecule has 0 saturated carbocycles. The number of quaternary nitrogens is 2. The molecule has 0 aliphatic rings. The largest absolute Gasteiger partial charge is 0.477 e. The fraction of sp³-hybridized carbons (Fsp3) is 0.923. The van der Waals surface area contributed by atoms with Crippen molar-refractivity contribution in [3.8, 4) is 0 Å². The molecule has 0 fully saturated rings. The van der Waals surface area contributed by atoms with Crippen LogP contribution in [-0.2, 0) is 14.9 Å². The van der Waals surface area contributed by atoms with Crippen molar-refractivity contribution in [1.82, 2.24) is 0 Å². The van der Waals surface area contributed by atoms with Crippen molar-refractivity contribution in [2.24, 2.45) is 0 Å². The van der Waals surface area contributed by atoms with Crippen molar-refractivity contribution in [2.75, 3.05) is 67.1 Å². The first kappa shape index (κ1) is 25.4. The Hall–Kier alpha value is -0.820. The van der Waals surface area contributed by atoms with E-state index in [2.05, 4.69) is 0 Å². The van der Waals surface area contributed by atoms with Crippen LogP contribution in [0.15, 0.2) is 0 Å². The first-order chi connectivity index (χ1) is 10.8. The lowest BCUT2D eigenvalue weighted by atomic mass is 10.3. The van der Waals surface area contributed by atoms with Crippen molar-refractivity contribution in [3.05, 3.63) is 0 Å². The van der Waals surface area contributed by atoms with Gasteiger partial charge in [0.05, 0.1) is 41.0 Å². The number of hydrogen-bond acceptors (Lipinski definition) is 6. The van der Waals surface area contributed by atoms with Gasteiger partial charge in [-0.15, -0.1) is 0 Å². The molecule has 0 amide bonds. The number of aliphatic hydroxyl groups excluding tert-OH is 3. The molecule has 1 unspecified atom stereocenters. The maximum atomic E-state index is 11.1. The Kier molecular flexibility index (Phi) is 11.6. The Bertz CT molecular complexity index is 444. The van der Waals surface area contributed by atoms with Gasteiger partial charge >= 0.3 is 16.1 Å². The summed E-state index contributed by atoms with van der Waals surface area (Å²) < 4.78 is 31.4. The first-order valence-corrected chi connectivity index (χ1v) is 8.93. The van der Waals surface area contributed by atoms with E-state index in [4.69, 9.17) is 25.0 Å².